The number of H-pyrrole nitrogens is 1. The second-order valence-corrected chi connectivity index (χ2v) is 4.01. The lowest BCUT2D eigenvalue weighted by molar-refractivity contribution is 1.25. The van der Waals surface area contributed by atoms with Crippen LogP contribution in [0.15, 0.2) is 28.7 Å². The molecule has 0 aliphatic heterocycles. The van der Waals surface area contributed by atoms with E-state index in [1.54, 1.807) is 0 Å². The molecule has 4 heteroatoms. The number of aromatic nitrogens is 2. The Labute approximate surface area is 95.9 Å². The topological polar surface area (TPSA) is 52.5 Å². The van der Waals surface area contributed by atoms with Crippen molar-refractivity contribution in [2.75, 3.05) is 0 Å². The van der Waals surface area contributed by atoms with Gasteiger partial charge in [-0.25, -0.2) is 4.98 Å². The highest BCUT2D eigenvalue weighted by molar-refractivity contribution is 9.10. The van der Waals surface area contributed by atoms with Gasteiger partial charge in [0.05, 0.1) is 5.69 Å². The number of nitrogens with one attached hydrogen (secondary N) is 1. The van der Waals surface area contributed by atoms with Gasteiger partial charge in [0.25, 0.3) is 0 Å². The fourth-order valence-corrected chi connectivity index (χ4v) is 1.82. The van der Waals surface area contributed by atoms with Crippen molar-refractivity contribution in [2.24, 2.45) is 0 Å². The second kappa shape index (κ2) is 3.87. The molecule has 0 fully saturated rings. The van der Waals surface area contributed by atoms with Gasteiger partial charge in [-0.2, -0.15) is 5.26 Å². The van der Waals surface area contributed by atoms with Crippen LogP contribution in [-0.4, -0.2) is 9.97 Å². The first-order chi connectivity index (χ1) is 7.22. The van der Waals surface area contributed by atoms with Gasteiger partial charge in [0.2, 0.25) is 0 Å². The second-order valence-electron chi connectivity index (χ2n) is 3.15. The third-order valence-corrected chi connectivity index (χ3v) is 2.81. The fourth-order valence-electron chi connectivity index (χ4n) is 1.35. The van der Waals surface area contributed by atoms with Gasteiger partial charge in [-0.3, -0.25) is 0 Å². The van der Waals surface area contributed by atoms with Crippen LogP contribution in [0.3, 0.4) is 0 Å². The normalized spacial score (nSPS) is 9.93. The maximum atomic E-state index is 8.80. The molecular formula is C11H8BrN3. The van der Waals surface area contributed by atoms with E-state index in [-0.39, 0.29) is 0 Å². The summed E-state index contributed by atoms with van der Waals surface area (Å²) >= 11 is 3.45. The number of aryl methyl sites for hydroxylation is 1. The Bertz CT molecular complexity index is 537. The molecule has 0 radical (unpaired) electrons. The zero-order chi connectivity index (χ0) is 10.8. The van der Waals surface area contributed by atoms with Crippen LogP contribution in [-0.2, 0) is 0 Å². The van der Waals surface area contributed by atoms with Crippen molar-refractivity contribution in [3.05, 3.63) is 40.1 Å². The molecule has 0 saturated heterocycles. The quantitative estimate of drug-likeness (QED) is 0.858. The van der Waals surface area contributed by atoms with Gasteiger partial charge in [-0.05, 0) is 13.0 Å². The van der Waals surface area contributed by atoms with Gasteiger partial charge in [-0.1, -0.05) is 34.1 Å². The van der Waals surface area contributed by atoms with Crippen molar-refractivity contribution in [3.63, 3.8) is 0 Å². The average molecular weight is 262 g/mol. The number of halogens is 1. The van der Waals surface area contributed by atoms with Gasteiger partial charge in [-0.15, -0.1) is 0 Å². The number of nitriles is 1. The summed E-state index contributed by atoms with van der Waals surface area (Å²) in [5.74, 6) is 0.719. The van der Waals surface area contributed by atoms with E-state index in [4.69, 9.17) is 5.26 Å². The highest BCUT2D eigenvalue weighted by Gasteiger charge is 2.09. The highest BCUT2D eigenvalue weighted by Crippen LogP contribution is 2.26. The zero-order valence-electron chi connectivity index (χ0n) is 8.08. The SMILES string of the molecule is Cc1[nH]c(-c2ccccc2Br)nc1C#N. The summed E-state index contributed by atoms with van der Waals surface area (Å²) in [6.45, 7) is 1.84. The molecule has 1 aromatic heterocycles. The summed E-state index contributed by atoms with van der Waals surface area (Å²) < 4.78 is 0.961. The number of aromatic amines is 1. The Kier molecular flexibility index (Phi) is 2.57. The first-order valence-corrected chi connectivity index (χ1v) is 5.23. The standard InChI is InChI=1S/C11H8BrN3/c1-7-10(6-13)15-11(14-7)8-4-2-3-5-9(8)12/h2-5H,1H3,(H,14,15). The van der Waals surface area contributed by atoms with Crippen LogP contribution in [0.2, 0.25) is 0 Å². The Morgan fingerprint density at radius 3 is 2.73 bits per heavy atom. The van der Waals surface area contributed by atoms with Crippen molar-refractivity contribution < 1.29 is 0 Å². The summed E-state index contributed by atoms with van der Waals surface area (Å²) in [6.07, 6.45) is 0. The molecular weight excluding hydrogens is 254 g/mol. The van der Waals surface area contributed by atoms with E-state index < -0.39 is 0 Å². The van der Waals surface area contributed by atoms with Crippen molar-refractivity contribution in [2.45, 2.75) is 6.92 Å². The maximum Gasteiger partial charge on any atom is 0.161 e. The van der Waals surface area contributed by atoms with Crippen LogP contribution in [0.1, 0.15) is 11.4 Å². The van der Waals surface area contributed by atoms with Crippen molar-refractivity contribution in [1.82, 2.24) is 9.97 Å². The molecule has 0 amide bonds. The molecule has 3 nitrogen and oxygen atoms in total. The maximum absolute atomic E-state index is 8.80. The minimum Gasteiger partial charge on any atom is -0.341 e. The molecule has 2 rings (SSSR count). The molecule has 0 unspecified atom stereocenters. The number of hydrogen-bond donors (Lipinski definition) is 1. The van der Waals surface area contributed by atoms with E-state index in [1.807, 2.05) is 37.3 Å². The van der Waals surface area contributed by atoms with Crippen LogP contribution in [0, 0.1) is 18.3 Å². The van der Waals surface area contributed by atoms with Gasteiger partial charge in [0, 0.05) is 10.0 Å². The summed E-state index contributed by atoms with van der Waals surface area (Å²) in [7, 11) is 0. The third kappa shape index (κ3) is 1.79. The van der Waals surface area contributed by atoms with Gasteiger partial charge in [0.15, 0.2) is 5.69 Å². The van der Waals surface area contributed by atoms with E-state index in [0.29, 0.717) is 5.69 Å². The Morgan fingerprint density at radius 1 is 1.40 bits per heavy atom. The molecule has 1 aromatic carbocycles. The molecule has 15 heavy (non-hydrogen) atoms. The Hall–Kier alpha value is -1.60. The molecule has 0 aliphatic carbocycles. The van der Waals surface area contributed by atoms with E-state index in [0.717, 1.165) is 21.6 Å². The summed E-state index contributed by atoms with van der Waals surface area (Å²) in [6, 6.07) is 9.81. The zero-order valence-corrected chi connectivity index (χ0v) is 9.67. The number of rotatable bonds is 1. The van der Waals surface area contributed by atoms with Crippen LogP contribution in [0.5, 0.6) is 0 Å². The largest absolute Gasteiger partial charge is 0.341 e. The van der Waals surface area contributed by atoms with Gasteiger partial charge < -0.3 is 4.98 Å². The third-order valence-electron chi connectivity index (χ3n) is 2.12. The van der Waals surface area contributed by atoms with E-state index in [2.05, 4.69) is 25.9 Å². The highest BCUT2D eigenvalue weighted by atomic mass is 79.9. The number of imidazole rings is 1. The molecule has 0 atom stereocenters. The van der Waals surface area contributed by atoms with Crippen molar-refractivity contribution in [3.8, 4) is 17.5 Å². The van der Waals surface area contributed by atoms with Gasteiger partial charge >= 0.3 is 0 Å². The summed E-state index contributed by atoms with van der Waals surface area (Å²) in [5, 5.41) is 8.80. The van der Waals surface area contributed by atoms with E-state index in [9.17, 15) is 0 Å². The van der Waals surface area contributed by atoms with Crippen LogP contribution < -0.4 is 0 Å². The lowest BCUT2D eigenvalue weighted by atomic mass is 10.2. The summed E-state index contributed by atoms with van der Waals surface area (Å²) in [5.41, 5.74) is 2.20. The molecule has 1 heterocycles. The van der Waals surface area contributed by atoms with Gasteiger partial charge in [0.1, 0.15) is 11.9 Å². The lowest BCUT2D eigenvalue weighted by Crippen LogP contribution is -1.81. The van der Waals surface area contributed by atoms with Crippen molar-refractivity contribution in [1.29, 1.82) is 5.26 Å². The van der Waals surface area contributed by atoms with Crippen LogP contribution in [0.4, 0.5) is 0 Å². The first kappa shape index (κ1) is 9.94. The lowest BCUT2D eigenvalue weighted by Gasteiger charge is -1.98. The number of hydrogen-bond acceptors (Lipinski definition) is 2. The molecule has 2 aromatic rings. The molecule has 0 aliphatic rings. The first-order valence-electron chi connectivity index (χ1n) is 4.44. The molecule has 1 N–H and O–H groups in total. The van der Waals surface area contributed by atoms with E-state index in [1.165, 1.54) is 0 Å². The predicted molar refractivity (Wildman–Crippen MR) is 61.2 cm³/mol. The monoisotopic (exact) mass is 261 g/mol. The molecule has 74 valence electrons. The van der Waals surface area contributed by atoms with Crippen LogP contribution >= 0.6 is 15.9 Å². The average Bonchev–Trinajstić information content (AvgIpc) is 2.60. The van der Waals surface area contributed by atoms with Crippen molar-refractivity contribution >= 4 is 15.9 Å². The number of nitrogens with zero attached hydrogens (tertiary/aromatic N) is 2. The summed E-state index contributed by atoms with van der Waals surface area (Å²) in [4.78, 5) is 7.30. The molecule has 0 bridgehead atoms. The minimum atomic E-state index is 0.445. The Morgan fingerprint density at radius 2 is 2.13 bits per heavy atom. The molecule has 0 spiro atoms. The van der Waals surface area contributed by atoms with Crippen LogP contribution in [0.25, 0.3) is 11.4 Å². The Balaban J connectivity index is 2.56. The predicted octanol–water partition coefficient (Wildman–Crippen LogP) is 3.02. The molecule has 0 saturated carbocycles. The van der Waals surface area contributed by atoms with E-state index >= 15 is 0 Å². The fraction of sp³-hybridized carbons (Fsp3) is 0.0909. The number of benzene rings is 1. The minimum absolute atomic E-state index is 0.445. The smallest absolute Gasteiger partial charge is 0.161 e.